The summed E-state index contributed by atoms with van der Waals surface area (Å²) in [4.78, 5) is 22.3. The van der Waals surface area contributed by atoms with Gasteiger partial charge in [0.2, 0.25) is 5.90 Å². The molecule has 0 saturated carbocycles. The molecule has 0 saturated heterocycles. The van der Waals surface area contributed by atoms with Crippen LogP contribution in [0.5, 0.6) is 5.75 Å². The minimum absolute atomic E-state index is 0.00220. The summed E-state index contributed by atoms with van der Waals surface area (Å²) in [5, 5.41) is 13.4. The summed E-state index contributed by atoms with van der Waals surface area (Å²) in [5.74, 6) is -1.24. The fourth-order valence-electron chi connectivity index (χ4n) is 5.47. The van der Waals surface area contributed by atoms with Crippen molar-refractivity contribution in [2.75, 3.05) is 19.8 Å². The van der Waals surface area contributed by atoms with Crippen LogP contribution in [0.25, 0.3) is 10.4 Å². The molecule has 1 heterocycles. The molecule has 4 aromatic rings. The van der Waals surface area contributed by atoms with E-state index in [4.69, 9.17) is 48.3 Å². The molecule has 0 radical (unpaired) electrons. The number of rotatable bonds is 15. The smallest absolute Gasteiger partial charge is 0.266 e. The first-order chi connectivity index (χ1) is 23.7. The van der Waals surface area contributed by atoms with Gasteiger partial charge in [0.05, 0.1) is 13.2 Å². The lowest BCUT2D eigenvalue weighted by Crippen LogP contribution is -2.54. The largest absolute Gasteiger partial charge is 0.494 e. The molecule has 3 N–H and O–H groups in total. The predicted octanol–water partition coefficient (Wildman–Crippen LogP) is 7.21. The molecule has 0 aliphatic carbocycles. The van der Waals surface area contributed by atoms with E-state index in [0.29, 0.717) is 51.6 Å². The zero-order chi connectivity index (χ0) is 34.8. The first-order valence-electron chi connectivity index (χ1n) is 15.3. The molecular weight excluding hydrogens is 677 g/mol. The molecule has 254 valence electrons. The fraction of sp³-hybridized carbons (Fsp3) is 0.257. The Hall–Kier alpha value is -4.71. The van der Waals surface area contributed by atoms with Crippen LogP contribution in [0.4, 0.5) is 8.78 Å². The van der Waals surface area contributed by atoms with Crippen molar-refractivity contribution < 1.29 is 28.2 Å². The minimum atomic E-state index is -1.67. The number of benzene rings is 4. The number of amides is 1. The molecule has 1 amide bonds. The number of aliphatic hydroxyl groups is 1. The molecule has 49 heavy (non-hydrogen) atoms. The highest BCUT2D eigenvalue weighted by molar-refractivity contribution is 6.35. The Labute approximate surface area is 291 Å². The summed E-state index contributed by atoms with van der Waals surface area (Å²) in [6.45, 7) is 0.518. The number of hydrogen-bond acceptors (Lipinski definition) is 7. The third kappa shape index (κ3) is 8.86. The average molecular weight is 710 g/mol. The summed E-state index contributed by atoms with van der Waals surface area (Å²) in [5.41, 5.74) is 15.7. The normalized spacial score (nSPS) is 16.8. The Morgan fingerprint density at radius 1 is 1.04 bits per heavy atom. The van der Waals surface area contributed by atoms with Gasteiger partial charge in [0.1, 0.15) is 17.4 Å². The van der Waals surface area contributed by atoms with Crippen LogP contribution in [-0.2, 0) is 28.9 Å². The molecule has 0 fully saturated rings. The van der Waals surface area contributed by atoms with E-state index in [9.17, 15) is 13.6 Å². The first kappa shape index (κ1) is 35.6. The van der Waals surface area contributed by atoms with Crippen molar-refractivity contribution in [2.24, 2.45) is 10.1 Å². The molecule has 0 aromatic heterocycles. The van der Waals surface area contributed by atoms with Crippen LogP contribution in [-0.4, -0.2) is 42.2 Å². The van der Waals surface area contributed by atoms with Gasteiger partial charge in [-0.25, -0.2) is 19.2 Å². The number of hydrogen-bond donors (Lipinski definition) is 3. The molecule has 4 aromatic carbocycles. The molecule has 1 aliphatic heterocycles. The number of ether oxygens (including phenoxy) is 2. The number of aliphatic imine (C=N–C) groups is 1. The van der Waals surface area contributed by atoms with Crippen LogP contribution in [0.2, 0.25) is 10.0 Å². The summed E-state index contributed by atoms with van der Waals surface area (Å²) in [6, 6.07) is 22.2. The molecule has 2 atom stereocenters. The van der Waals surface area contributed by atoms with E-state index in [2.05, 4.69) is 20.9 Å². The van der Waals surface area contributed by atoms with Crippen molar-refractivity contribution in [3.63, 3.8) is 0 Å². The maximum Gasteiger partial charge on any atom is 0.266 e. The Morgan fingerprint density at radius 2 is 1.78 bits per heavy atom. The van der Waals surface area contributed by atoms with E-state index in [1.165, 1.54) is 12.1 Å². The zero-order valence-electron chi connectivity index (χ0n) is 26.1. The second-order valence-corrected chi connectivity index (χ2v) is 12.0. The molecule has 14 heteroatoms. The van der Waals surface area contributed by atoms with Gasteiger partial charge in [-0.15, -0.1) is 0 Å². The van der Waals surface area contributed by atoms with Gasteiger partial charge in [-0.2, -0.15) is 0 Å². The molecule has 10 nitrogen and oxygen atoms in total. The van der Waals surface area contributed by atoms with Gasteiger partial charge in [0.15, 0.2) is 11.6 Å². The maximum absolute atomic E-state index is 14.5. The number of carbonyl (C=O) groups excluding carboxylic acids is 1. The maximum atomic E-state index is 14.5. The molecule has 0 bridgehead atoms. The number of aliphatic hydroxyl groups excluding tert-OH is 1. The summed E-state index contributed by atoms with van der Waals surface area (Å²) < 4.78 is 39.7. The van der Waals surface area contributed by atoms with Crippen molar-refractivity contribution in [1.82, 2.24) is 10.9 Å². The lowest BCUT2D eigenvalue weighted by atomic mass is 9.81. The lowest BCUT2D eigenvalue weighted by molar-refractivity contribution is -0.130. The second-order valence-electron chi connectivity index (χ2n) is 11.2. The Morgan fingerprint density at radius 3 is 2.47 bits per heavy atom. The average Bonchev–Trinajstić information content (AvgIpc) is 3.46. The fourth-order valence-corrected chi connectivity index (χ4v) is 5.98. The summed E-state index contributed by atoms with van der Waals surface area (Å²) >= 11 is 13.0. The topological polar surface area (TPSA) is 141 Å². The van der Waals surface area contributed by atoms with Crippen molar-refractivity contribution >= 4 is 35.0 Å². The van der Waals surface area contributed by atoms with Crippen LogP contribution in [0, 0.1) is 11.6 Å². The summed E-state index contributed by atoms with van der Waals surface area (Å²) in [7, 11) is 0. The zero-order valence-corrected chi connectivity index (χ0v) is 27.6. The standard InChI is InChI=1S/C35H32Cl2F2N6O4/c36-26-8-11-30(31(37)18-26)32-35(20-24-4-1-2-5-25(24)21-42-45-40,34(47)44-41-13-12-22-16-27(38)19-28(39)17-22)43-33(49-32)23-6-9-29(10-7-23)48-15-3-14-46/h1-2,4-11,16-19,32,41,46H,3,12-15,20-21H2,(H,44,47)/t32-,35-/m0/s1. The van der Waals surface area contributed by atoms with Gasteiger partial charge < -0.3 is 14.6 Å². The third-order valence-electron chi connectivity index (χ3n) is 7.82. The van der Waals surface area contributed by atoms with E-state index in [1.807, 2.05) is 6.07 Å². The van der Waals surface area contributed by atoms with Gasteiger partial charge in [-0.3, -0.25) is 10.2 Å². The molecule has 1 aliphatic rings. The number of hydrazine groups is 1. The second kappa shape index (κ2) is 16.6. The van der Waals surface area contributed by atoms with Gasteiger partial charge in [0.25, 0.3) is 5.91 Å². The highest BCUT2D eigenvalue weighted by Gasteiger charge is 2.54. The SMILES string of the molecule is [N-]=[N+]=NCc1ccccc1C[C@]1(C(=O)NNCCc2cc(F)cc(F)c2)N=C(c2ccc(OCCCO)cc2)O[C@H]1c1ccc(Cl)cc1Cl. The Kier molecular flexibility index (Phi) is 12.1. The van der Waals surface area contributed by atoms with Gasteiger partial charge >= 0.3 is 0 Å². The minimum Gasteiger partial charge on any atom is -0.494 e. The third-order valence-corrected chi connectivity index (χ3v) is 8.38. The van der Waals surface area contributed by atoms with Gasteiger partial charge in [-0.05, 0) is 77.2 Å². The van der Waals surface area contributed by atoms with Crippen LogP contribution in [0.3, 0.4) is 0 Å². The number of nitrogens with zero attached hydrogens (tertiary/aromatic N) is 4. The van der Waals surface area contributed by atoms with Gasteiger partial charge in [-0.1, -0.05) is 58.6 Å². The van der Waals surface area contributed by atoms with E-state index < -0.39 is 29.2 Å². The Bertz CT molecular complexity index is 1850. The quantitative estimate of drug-likeness (QED) is 0.0394. The van der Waals surface area contributed by atoms with Crippen LogP contribution in [0.1, 0.15) is 40.3 Å². The van der Waals surface area contributed by atoms with Crippen molar-refractivity contribution in [1.29, 1.82) is 0 Å². The molecule has 5 rings (SSSR count). The molecule has 0 unspecified atom stereocenters. The number of nitrogens with one attached hydrogen (secondary N) is 2. The highest BCUT2D eigenvalue weighted by atomic mass is 35.5. The van der Waals surface area contributed by atoms with E-state index in [-0.39, 0.29) is 43.5 Å². The Balaban J connectivity index is 1.54. The van der Waals surface area contributed by atoms with Gasteiger partial charge in [0, 0.05) is 58.1 Å². The van der Waals surface area contributed by atoms with Crippen LogP contribution < -0.4 is 15.6 Å². The highest BCUT2D eigenvalue weighted by Crippen LogP contribution is 2.45. The van der Waals surface area contributed by atoms with Crippen molar-refractivity contribution in [2.45, 2.75) is 37.5 Å². The molecule has 0 spiro atoms. The monoisotopic (exact) mass is 708 g/mol. The van der Waals surface area contributed by atoms with Crippen LogP contribution >= 0.6 is 23.2 Å². The number of carbonyl (C=O) groups is 1. The van der Waals surface area contributed by atoms with Crippen LogP contribution in [0.15, 0.2) is 95.0 Å². The van der Waals surface area contributed by atoms with E-state index in [1.54, 1.807) is 60.7 Å². The first-order valence-corrected chi connectivity index (χ1v) is 16.1. The van der Waals surface area contributed by atoms with Crippen molar-refractivity contribution in [3.8, 4) is 5.75 Å². The van der Waals surface area contributed by atoms with Crippen molar-refractivity contribution in [3.05, 3.63) is 145 Å². The molecular formula is C35H32Cl2F2N6O4. The predicted molar refractivity (Wildman–Crippen MR) is 182 cm³/mol. The lowest BCUT2D eigenvalue weighted by Gasteiger charge is -2.32. The van der Waals surface area contributed by atoms with E-state index in [0.717, 1.165) is 6.07 Å². The summed E-state index contributed by atoms with van der Waals surface area (Å²) in [6.07, 6.45) is -0.365. The number of halogens is 4. The number of azide groups is 1. The van der Waals surface area contributed by atoms with E-state index >= 15 is 0 Å².